The largest absolute Gasteiger partial charge is 0.504 e. The van der Waals surface area contributed by atoms with Gasteiger partial charge in [0.2, 0.25) is 0 Å². The van der Waals surface area contributed by atoms with Crippen LogP contribution in [0.25, 0.3) is 0 Å². The molecule has 4 saturated carbocycles. The number of methoxy groups -OCH3 is 1. The van der Waals surface area contributed by atoms with Gasteiger partial charge in [0, 0.05) is 12.6 Å². The van der Waals surface area contributed by atoms with Crippen molar-refractivity contribution in [2.75, 3.05) is 7.11 Å². The summed E-state index contributed by atoms with van der Waals surface area (Å²) < 4.78 is 5.10. The molecular formula is C18H25NO2. The first-order valence-electron chi connectivity index (χ1n) is 8.32. The molecule has 114 valence electrons. The van der Waals surface area contributed by atoms with E-state index in [9.17, 15) is 5.11 Å². The highest BCUT2D eigenvalue weighted by Gasteiger charge is 2.47. The van der Waals surface area contributed by atoms with Gasteiger partial charge in [0.1, 0.15) is 0 Å². The van der Waals surface area contributed by atoms with Gasteiger partial charge in [0.05, 0.1) is 7.11 Å². The molecule has 3 heteroatoms. The van der Waals surface area contributed by atoms with Crippen LogP contribution in [0, 0.1) is 23.7 Å². The molecule has 0 aliphatic heterocycles. The van der Waals surface area contributed by atoms with Gasteiger partial charge >= 0.3 is 0 Å². The summed E-state index contributed by atoms with van der Waals surface area (Å²) in [5.74, 6) is 4.63. The smallest absolute Gasteiger partial charge is 0.160 e. The quantitative estimate of drug-likeness (QED) is 0.892. The molecule has 0 heterocycles. The lowest BCUT2D eigenvalue weighted by molar-refractivity contribution is -0.0142. The summed E-state index contributed by atoms with van der Waals surface area (Å²) in [6, 6.07) is 6.41. The number of hydrogen-bond donors (Lipinski definition) is 2. The van der Waals surface area contributed by atoms with Crippen LogP contribution in [0.2, 0.25) is 0 Å². The number of hydrogen-bond acceptors (Lipinski definition) is 3. The number of rotatable bonds is 4. The van der Waals surface area contributed by atoms with E-state index in [-0.39, 0.29) is 5.75 Å². The predicted octanol–water partition coefficient (Wildman–Crippen LogP) is 3.32. The Morgan fingerprint density at radius 2 is 1.76 bits per heavy atom. The third-order valence-electron chi connectivity index (χ3n) is 6.01. The molecule has 0 aromatic heterocycles. The van der Waals surface area contributed by atoms with Crippen LogP contribution in [0.4, 0.5) is 0 Å². The Hall–Kier alpha value is -1.22. The summed E-state index contributed by atoms with van der Waals surface area (Å²) in [5.41, 5.74) is 1.14. The fourth-order valence-corrected chi connectivity index (χ4v) is 5.34. The van der Waals surface area contributed by atoms with E-state index in [1.54, 1.807) is 7.11 Å². The van der Waals surface area contributed by atoms with Gasteiger partial charge in [-0.1, -0.05) is 6.07 Å². The Bertz CT molecular complexity index is 500. The number of phenolic OH excluding ortho intramolecular Hbond substituents is 1. The summed E-state index contributed by atoms with van der Waals surface area (Å²) in [6.07, 6.45) is 7.28. The molecule has 4 aliphatic carbocycles. The second-order valence-corrected chi connectivity index (χ2v) is 7.34. The van der Waals surface area contributed by atoms with E-state index in [2.05, 4.69) is 5.32 Å². The summed E-state index contributed by atoms with van der Waals surface area (Å²) >= 11 is 0. The van der Waals surface area contributed by atoms with Crippen LogP contribution in [-0.2, 0) is 6.54 Å². The van der Waals surface area contributed by atoms with Crippen molar-refractivity contribution in [3.8, 4) is 11.5 Å². The minimum atomic E-state index is 0.238. The van der Waals surface area contributed by atoms with Crippen molar-refractivity contribution < 1.29 is 9.84 Å². The number of benzene rings is 1. The van der Waals surface area contributed by atoms with Crippen LogP contribution in [-0.4, -0.2) is 18.3 Å². The third-order valence-corrected chi connectivity index (χ3v) is 6.01. The number of nitrogens with one attached hydrogen (secondary N) is 1. The van der Waals surface area contributed by atoms with Gasteiger partial charge in [-0.15, -0.1) is 0 Å². The average molecular weight is 287 g/mol. The van der Waals surface area contributed by atoms with Crippen LogP contribution in [0.1, 0.15) is 37.7 Å². The average Bonchev–Trinajstić information content (AvgIpc) is 2.46. The van der Waals surface area contributed by atoms with E-state index in [1.807, 2.05) is 18.2 Å². The second-order valence-electron chi connectivity index (χ2n) is 7.34. The van der Waals surface area contributed by atoms with Crippen LogP contribution < -0.4 is 10.1 Å². The van der Waals surface area contributed by atoms with Gasteiger partial charge in [-0.2, -0.15) is 0 Å². The zero-order valence-corrected chi connectivity index (χ0v) is 12.7. The van der Waals surface area contributed by atoms with Crippen molar-refractivity contribution in [1.82, 2.24) is 5.32 Å². The van der Waals surface area contributed by atoms with Crippen molar-refractivity contribution in [2.45, 2.75) is 44.7 Å². The maximum atomic E-state index is 9.88. The summed E-state index contributed by atoms with van der Waals surface area (Å²) in [7, 11) is 1.58. The molecule has 0 atom stereocenters. The van der Waals surface area contributed by atoms with Crippen molar-refractivity contribution >= 4 is 0 Å². The summed E-state index contributed by atoms with van der Waals surface area (Å²) in [6.45, 7) is 0.852. The first-order chi connectivity index (χ1) is 10.2. The van der Waals surface area contributed by atoms with Gasteiger partial charge < -0.3 is 15.2 Å². The molecule has 0 spiro atoms. The number of phenols is 1. The normalized spacial score (nSPS) is 36.9. The topological polar surface area (TPSA) is 41.5 Å². The molecule has 1 aromatic carbocycles. The fraction of sp³-hybridized carbons (Fsp3) is 0.667. The maximum absolute atomic E-state index is 9.88. The third kappa shape index (κ3) is 2.42. The molecule has 21 heavy (non-hydrogen) atoms. The Morgan fingerprint density at radius 3 is 2.33 bits per heavy atom. The van der Waals surface area contributed by atoms with Gasteiger partial charge in [-0.3, -0.25) is 0 Å². The maximum Gasteiger partial charge on any atom is 0.160 e. The molecule has 1 aromatic rings. The fourth-order valence-electron chi connectivity index (χ4n) is 5.34. The molecule has 0 saturated heterocycles. The summed E-state index contributed by atoms with van der Waals surface area (Å²) in [5, 5.41) is 13.7. The van der Waals surface area contributed by atoms with Crippen molar-refractivity contribution in [3.05, 3.63) is 23.8 Å². The molecule has 4 aliphatic rings. The second kappa shape index (κ2) is 5.20. The first kappa shape index (κ1) is 13.4. The summed E-state index contributed by atoms with van der Waals surface area (Å²) in [4.78, 5) is 0. The monoisotopic (exact) mass is 287 g/mol. The molecule has 0 radical (unpaired) electrons. The molecule has 2 N–H and O–H groups in total. The zero-order valence-electron chi connectivity index (χ0n) is 12.7. The lowest BCUT2D eigenvalue weighted by Crippen LogP contribution is -2.54. The molecule has 4 fully saturated rings. The van der Waals surface area contributed by atoms with Crippen LogP contribution in [0.5, 0.6) is 11.5 Å². The van der Waals surface area contributed by atoms with E-state index >= 15 is 0 Å². The van der Waals surface area contributed by atoms with Crippen LogP contribution in [0.3, 0.4) is 0 Å². The number of ether oxygens (including phenoxy) is 1. The van der Waals surface area contributed by atoms with Gasteiger partial charge in [-0.25, -0.2) is 0 Å². The molecule has 5 rings (SSSR count). The van der Waals surface area contributed by atoms with Gasteiger partial charge in [-0.05, 0) is 73.5 Å². The van der Waals surface area contributed by atoms with Crippen LogP contribution >= 0.6 is 0 Å². The van der Waals surface area contributed by atoms with Crippen molar-refractivity contribution in [3.63, 3.8) is 0 Å². The Labute approximate surface area is 126 Å². The van der Waals surface area contributed by atoms with E-state index in [4.69, 9.17) is 4.74 Å². The Kier molecular flexibility index (Phi) is 3.33. The minimum absolute atomic E-state index is 0.238. The number of aromatic hydroxyl groups is 1. The first-order valence-corrected chi connectivity index (χ1v) is 8.32. The van der Waals surface area contributed by atoms with Gasteiger partial charge in [0.15, 0.2) is 11.5 Å². The van der Waals surface area contributed by atoms with Crippen LogP contribution in [0.15, 0.2) is 18.2 Å². The van der Waals surface area contributed by atoms with Crippen molar-refractivity contribution in [2.24, 2.45) is 23.7 Å². The van der Waals surface area contributed by atoms with E-state index in [0.29, 0.717) is 11.8 Å². The molecule has 3 nitrogen and oxygen atoms in total. The molecule has 0 unspecified atom stereocenters. The highest BCUT2D eigenvalue weighted by molar-refractivity contribution is 5.41. The molecule has 4 bridgehead atoms. The Balaban J connectivity index is 1.42. The van der Waals surface area contributed by atoms with Gasteiger partial charge in [0.25, 0.3) is 0 Å². The lowest BCUT2D eigenvalue weighted by Gasteiger charge is -2.54. The zero-order chi connectivity index (χ0) is 14.4. The minimum Gasteiger partial charge on any atom is -0.504 e. The lowest BCUT2D eigenvalue weighted by atomic mass is 9.54. The van der Waals surface area contributed by atoms with E-state index < -0.39 is 0 Å². The highest BCUT2D eigenvalue weighted by Crippen LogP contribution is 2.53. The standard InChI is InChI=1S/C18H25NO2/c1-21-17-3-2-11(9-16(17)20)10-19-18-14-5-12-4-13(7-14)8-15(18)6-12/h2-3,9,12-15,18-20H,4-8,10H2,1H3. The molecular weight excluding hydrogens is 262 g/mol. The Morgan fingerprint density at radius 1 is 1.10 bits per heavy atom. The van der Waals surface area contributed by atoms with E-state index in [0.717, 1.165) is 35.8 Å². The SMILES string of the molecule is COc1ccc(CNC2C3CC4CC(C3)CC2C4)cc1O. The highest BCUT2D eigenvalue weighted by atomic mass is 16.5. The molecule has 0 amide bonds. The van der Waals surface area contributed by atoms with E-state index in [1.165, 1.54) is 32.1 Å². The predicted molar refractivity (Wildman–Crippen MR) is 82.3 cm³/mol. The van der Waals surface area contributed by atoms with Crippen molar-refractivity contribution in [1.29, 1.82) is 0 Å².